The number of ether oxygens (including phenoxy) is 1. The fourth-order valence-corrected chi connectivity index (χ4v) is 1.78. The lowest BCUT2D eigenvalue weighted by atomic mass is 10.1. The van der Waals surface area contributed by atoms with E-state index in [0.717, 1.165) is 0 Å². The van der Waals surface area contributed by atoms with Gasteiger partial charge in [-0.3, -0.25) is 4.79 Å². The molecular formula is C14H21ClN2O2. The average molecular weight is 285 g/mol. The Morgan fingerprint density at radius 2 is 2.05 bits per heavy atom. The number of amides is 1. The summed E-state index contributed by atoms with van der Waals surface area (Å²) in [4.78, 5) is 11.7. The van der Waals surface area contributed by atoms with Crippen molar-refractivity contribution in [2.75, 3.05) is 19.0 Å². The Labute approximate surface area is 119 Å². The van der Waals surface area contributed by atoms with Crippen molar-refractivity contribution in [1.29, 1.82) is 0 Å². The van der Waals surface area contributed by atoms with E-state index in [4.69, 9.17) is 16.3 Å². The van der Waals surface area contributed by atoms with Crippen LogP contribution in [0.4, 0.5) is 5.69 Å². The summed E-state index contributed by atoms with van der Waals surface area (Å²) < 4.78 is 5.05. The highest BCUT2D eigenvalue weighted by Crippen LogP contribution is 2.27. The van der Waals surface area contributed by atoms with E-state index >= 15 is 0 Å². The van der Waals surface area contributed by atoms with Crippen LogP contribution in [-0.2, 0) is 4.79 Å². The Kier molecular flexibility index (Phi) is 5.63. The van der Waals surface area contributed by atoms with Crippen LogP contribution in [0.25, 0.3) is 0 Å². The summed E-state index contributed by atoms with van der Waals surface area (Å²) in [6, 6.07) is 5.17. The number of halogens is 1. The molecule has 0 heterocycles. The van der Waals surface area contributed by atoms with Gasteiger partial charge in [-0.25, -0.2) is 0 Å². The molecule has 0 aliphatic rings. The van der Waals surface area contributed by atoms with Crippen LogP contribution in [0.2, 0.25) is 5.02 Å². The van der Waals surface area contributed by atoms with Gasteiger partial charge < -0.3 is 15.4 Å². The number of carbonyl (C=O) groups excluding carboxylic acids is 1. The first-order chi connectivity index (χ1) is 8.81. The molecule has 2 N–H and O–H groups in total. The zero-order valence-electron chi connectivity index (χ0n) is 11.8. The highest BCUT2D eigenvalue weighted by molar-refractivity contribution is 6.32. The molecule has 0 bridgehead atoms. The molecule has 1 aromatic rings. The normalized spacial score (nSPS) is 11.2. The Bertz CT molecular complexity index is 442. The lowest BCUT2D eigenvalue weighted by Crippen LogP contribution is -2.37. The molecule has 1 rings (SSSR count). The van der Waals surface area contributed by atoms with Crippen molar-refractivity contribution < 1.29 is 9.53 Å². The van der Waals surface area contributed by atoms with Gasteiger partial charge >= 0.3 is 0 Å². The van der Waals surface area contributed by atoms with Crippen molar-refractivity contribution in [3.8, 4) is 5.75 Å². The lowest BCUT2D eigenvalue weighted by molar-refractivity contribution is -0.116. The summed E-state index contributed by atoms with van der Waals surface area (Å²) in [7, 11) is 1.55. The fraction of sp³-hybridized carbons (Fsp3) is 0.500. The van der Waals surface area contributed by atoms with Gasteiger partial charge in [-0.1, -0.05) is 11.6 Å². The maximum atomic E-state index is 11.7. The summed E-state index contributed by atoms with van der Waals surface area (Å²) in [5.41, 5.74) is 0.690. The predicted octanol–water partition coefficient (Wildman–Crippen LogP) is 3.07. The molecule has 5 heteroatoms. The van der Waals surface area contributed by atoms with E-state index in [-0.39, 0.29) is 11.4 Å². The Morgan fingerprint density at radius 1 is 1.37 bits per heavy atom. The van der Waals surface area contributed by atoms with Crippen molar-refractivity contribution in [3.63, 3.8) is 0 Å². The van der Waals surface area contributed by atoms with Crippen molar-refractivity contribution in [3.05, 3.63) is 23.2 Å². The predicted molar refractivity (Wildman–Crippen MR) is 79.0 cm³/mol. The topological polar surface area (TPSA) is 50.4 Å². The third-order valence-electron chi connectivity index (χ3n) is 2.44. The molecule has 0 spiro atoms. The van der Waals surface area contributed by atoms with Crippen LogP contribution in [-0.4, -0.2) is 25.1 Å². The largest absolute Gasteiger partial charge is 0.495 e. The molecule has 0 fully saturated rings. The van der Waals surface area contributed by atoms with Gasteiger partial charge in [0.15, 0.2) is 0 Å². The van der Waals surface area contributed by atoms with Crippen molar-refractivity contribution in [1.82, 2.24) is 5.32 Å². The minimum Gasteiger partial charge on any atom is -0.495 e. The monoisotopic (exact) mass is 284 g/mol. The fourth-order valence-electron chi connectivity index (χ4n) is 1.52. The zero-order valence-corrected chi connectivity index (χ0v) is 12.6. The van der Waals surface area contributed by atoms with Gasteiger partial charge in [0.2, 0.25) is 5.91 Å². The molecule has 1 amide bonds. The third-order valence-corrected chi connectivity index (χ3v) is 2.74. The summed E-state index contributed by atoms with van der Waals surface area (Å²) in [5.74, 6) is 0.548. The third kappa shape index (κ3) is 5.94. The van der Waals surface area contributed by atoms with E-state index < -0.39 is 0 Å². The van der Waals surface area contributed by atoms with Crippen molar-refractivity contribution in [2.24, 2.45) is 0 Å². The highest BCUT2D eigenvalue weighted by Gasteiger charge is 2.10. The molecule has 19 heavy (non-hydrogen) atoms. The number of anilines is 1. The summed E-state index contributed by atoms with van der Waals surface area (Å²) in [6.45, 7) is 6.83. The van der Waals surface area contributed by atoms with Gasteiger partial charge in [-0.2, -0.15) is 0 Å². The highest BCUT2D eigenvalue weighted by atomic mass is 35.5. The number of hydrogen-bond acceptors (Lipinski definition) is 3. The van der Waals surface area contributed by atoms with E-state index in [2.05, 4.69) is 31.4 Å². The van der Waals surface area contributed by atoms with Crippen molar-refractivity contribution in [2.45, 2.75) is 32.7 Å². The molecule has 0 unspecified atom stereocenters. The van der Waals surface area contributed by atoms with Gasteiger partial charge in [0.1, 0.15) is 5.75 Å². The van der Waals surface area contributed by atoms with Gasteiger partial charge in [0.05, 0.1) is 12.1 Å². The molecular weight excluding hydrogens is 264 g/mol. The summed E-state index contributed by atoms with van der Waals surface area (Å²) >= 11 is 5.99. The SMILES string of the molecule is COc1ccc(NC(=O)CCNC(C)(C)C)cc1Cl. The lowest BCUT2D eigenvalue weighted by Gasteiger charge is -2.20. The number of nitrogens with one attached hydrogen (secondary N) is 2. The molecule has 0 aromatic heterocycles. The van der Waals surface area contributed by atoms with Gasteiger partial charge in [0.25, 0.3) is 0 Å². The quantitative estimate of drug-likeness (QED) is 0.874. The molecule has 0 atom stereocenters. The van der Waals surface area contributed by atoms with Crippen molar-refractivity contribution >= 4 is 23.2 Å². The Hall–Kier alpha value is -1.26. The first-order valence-corrected chi connectivity index (χ1v) is 6.58. The summed E-state index contributed by atoms with van der Waals surface area (Å²) in [6.07, 6.45) is 0.418. The number of carbonyl (C=O) groups is 1. The van der Waals surface area contributed by atoms with E-state index in [1.54, 1.807) is 25.3 Å². The van der Waals surface area contributed by atoms with E-state index in [9.17, 15) is 4.79 Å². The van der Waals surface area contributed by atoms with Gasteiger partial charge in [-0.15, -0.1) is 0 Å². The van der Waals surface area contributed by atoms with Crippen LogP contribution in [0, 0.1) is 0 Å². The number of methoxy groups -OCH3 is 1. The van der Waals surface area contributed by atoms with Crippen LogP contribution >= 0.6 is 11.6 Å². The number of hydrogen-bond donors (Lipinski definition) is 2. The standard InChI is InChI=1S/C14H21ClN2O2/c1-14(2,3)16-8-7-13(18)17-10-5-6-12(19-4)11(15)9-10/h5-6,9,16H,7-8H2,1-4H3,(H,17,18). The smallest absolute Gasteiger partial charge is 0.225 e. The molecule has 0 saturated heterocycles. The van der Waals surface area contributed by atoms with E-state index in [1.807, 2.05) is 0 Å². The minimum atomic E-state index is -0.0435. The van der Waals surface area contributed by atoms with E-state index in [1.165, 1.54) is 0 Å². The van der Waals surface area contributed by atoms with Crippen LogP contribution in [0.15, 0.2) is 18.2 Å². The molecule has 1 aromatic carbocycles. The van der Waals surface area contributed by atoms with Crippen LogP contribution < -0.4 is 15.4 Å². The maximum Gasteiger partial charge on any atom is 0.225 e. The van der Waals surface area contributed by atoms with Gasteiger partial charge in [0, 0.05) is 24.2 Å². The molecule has 0 aliphatic carbocycles. The number of rotatable bonds is 5. The molecule has 4 nitrogen and oxygen atoms in total. The second-order valence-corrected chi connectivity index (χ2v) is 5.73. The second kappa shape index (κ2) is 6.78. The van der Waals surface area contributed by atoms with Gasteiger partial charge in [-0.05, 0) is 39.0 Å². The molecule has 0 saturated carbocycles. The second-order valence-electron chi connectivity index (χ2n) is 5.32. The van der Waals surface area contributed by atoms with Crippen LogP contribution in [0.3, 0.4) is 0 Å². The molecule has 0 radical (unpaired) electrons. The Morgan fingerprint density at radius 3 is 2.58 bits per heavy atom. The minimum absolute atomic E-state index is 0.0176. The molecule has 106 valence electrons. The van der Waals surface area contributed by atoms with Crippen LogP contribution in [0.5, 0.6) is 5.75 Å². The Balaban J connectivity index is 2.46. The van der Waals surface area contributed by atoms with E-state index in [0.29, 0.717) is 29.4 Å². The zero-order chi connectivity index (χ0) is 14.5. The molecule has 0 aliphatic heterocycles. The average Bonchev–Trinajstić information content (AvgIpc) is 2.27. The summed E-state index contributed by atoms with van der Waals surface area (Å²) in [5, 5.41) is 6.54. The first-order valence-electron chi connectivity index (χ1n) is 6.20. The number of benzene rings is 1. The first kappa shape index (κ1) is 15.8. The van der Waals surface area contributed by atoms with Crippen LogP contribution in [0.1, 0.15) is 27.2 Å². The maximum absolute atomic E-state index is 11.7.